The summed E-state index contributed by atoms with van der Waals surface area (Å²) in [7, 11) is -4.01. The molecular formula is C13H12ClFN2O2S. The maximum atomic E-state index is 13.4. The van der Waals surface area contributed by atoms with E-state index >= 15 is 0 Å². The van der Waals surface area contributed by atoms with Crippen molar-refractivity contribution in [2.75, 3.05) is 10.5 Å². The lowest BCUT2D eigenvalue weighted by Crippen LogP contribution is -2.16. The van der Waals surface area contributed by atoms with Gasteiger partial charge in [0.05, 0.1) is 16.4 Å². The number of nitrogens with two attached hydrogens (primary N) is 1. The molecule has 0 aliphatic carbocycles. The molecule has 0 atom stereocenters. The van der Waals surface area contributed by atoms with Gasteiger partial charge < -0.3 is 5.73 Å². The Morgan fingerprint density at radius 3 is 2.50 bits per heavy atom. The lowest BCUT2D eigenvalue weighted by molar-refractivity contribution is 0.597. The van der Waals surface area contributed by atoms with E-state index in [0.29, 0.717) is 5.56 Å². The Morgan fingerprint density at radius 2 is 1.85 bits per heavy atom. The highest BCUT2D eigenvalue weighted by Gasteiger charge is 2.21. The average Bonchev–Trinajstić information content (AvgIpc) is 2.37. The fourth-order valence-electron chi connectivity index (χ4n) is 1.70. The van der Waals surface area contributed by atoms with Crippen molar-refractivity contribution in [3.05, 3.63) is 52.8 Å². The van der Waals surface area contributed by atoms with E-state index in [0.717, 1.165) is 6.07 Å². The van der Waals surface area contributed by atoms with E-state index < -0.39 is 21.5 Å². The first-order chi connectivity index (χ1) is 9.33. The largest absolute Gasteiger partial charge is 0.395 e. The summed E-state index contributed by atoms with van der Waals surface area (Å²) in [6.07, 6.45) is 0. The summed E-state index contributed by atoms with van der Waals surface area (Å²) in [4.78, 5) is -0.322. The zero-order valence-corrected chi connectivity index (χ0v) is 12.1. The number of halogens is 2. The first kappa shape index (κ1) is 14.6. The van der Waals surface area contributed by atoms with E-state index in [9.17, 15) is 12.8 Å². The molecule has 0 bridgehead atoms. The second-order valence-electron chi connectivity index (χ2n) is 4.19. The molecule has 0 radical (unpaired) electrons. The summed E-state index contributed by atoms with van der Waals surface area (Å²) in [5.41, 5.74) is 5.94. The van der Waals surface area contributed by atoms with Gasteiger partial charge in [-0.25, -0.2) is 12.8 Å². The van der Waals surface area contributed by atoms with Gasteiger partial charge in [0.1, 0.15) is 10.7 Å². The Hall–Kier alpha value is -1.79. The van der Waals surface area contributed by atoms with Crippen LogP contribution in [0, 0.1) is 12.7 Å². The number of anilines is 2. The molecule has 0 aliphatic heterocycles. The normalized spacial score (nSPS) is 11.3. The third-order valence-electron chi connectivity index (χ3n) is 2.76. The molecule has 0 amide bonds. The van der Waals surface area contributed by atoms with Crippen molar-refractivity contribution in [1.29, 1.82) is 0 Å². The molecule has 0 aromatic heterocycles. The van der Waals surface area contributed by atoms with Crippen LogP contribution in [-0.4, -0.2) is 8.42 Å². The highest BCUT2D eigenvalue weighted by Crippen LogP contribution is 2.29. The van der Waals surface area contributed by atoms with Crippen molar-refractivity contribution in [2.24, 2.45) is 0 Å². The number of sulfonamides is 1. The maximum absolute atomic E-state index is 13.4. The van der Waals surface area contributed by atoms with Crippen molar-refractivity contribution in [3.8, 4) is 0 Å². The van der Waals surface area contributed by atoms with Gasteiger partial charge >= 0.3 is 0 Å². The molecule has 0 heterocycles. The van der Waals surface area contributed by atoms with Crippen LogP contribution in [-0.2, 0) is 10.0 Å². The van der Waals surface area contributed by atoms with Crippen LogP contribution < -0.4 is 10.5 Å². The molecule has 106 valence electrons. The summed E-state index contributed by atoms with van der Waals surface area (Å²) in [6.45, 7) is 1.71. The highest BCUT2D eigenvalue weighted by molar-refractivity contribution is 7.92. The topological polar surface area (TPSA) is 72.2 Å². The summed E-state index contributed by atoms with van der Waals surface area (Å²) >= 11 is 5.96. The second kappa shape index (κ2) is 5.30. The van der Waals surface area contributed by atoms with Crippen LogP contribution in [0.1, 0.15) is 5.56 Å². The van der Waals surface area contributed by atoms with Crippen LogP contribution in [0.5, 0.6) is 0 Å². The van der Waals surface area contributed by atoms with Crippen LogP contribution in [0.25, 0.3) is 0 Å². The minimum Gasteiger partial charge on any atom is -0.395 e. The molecule has 7 heteroatoms. The quantitative estimate of drug-likeness (QED) is 0.855. The predicted octanol–water partition coefficient (Wildman–Crippen LogP) is 3.17. The first-order valence-electron chi connectivity index (χ1n) is 5.65. The summed E-state index contributed by atoms with van der Waals surface area (Å²) in [5.74, 6) is -0.788. The van der Waals surface area contributed by atoms with Gasteiger partial charge in [-0.3, -0.25) is 4.72 Å². The van der Waals surface area contributed by atoms with E-state index in [1.807, 2.05) is 0 Å². The minimum atomic E-state index is -4.01. The van der Waals surface area contributed by atoms with E-state index in [-0.39, 0.29) is 15.6 Å². The summed E-state index contributed by atoms with van der Waals surface area (Å²) in [6, 6.07) is 8.56. The molecule has 2 aromatic rings. The molecule has 0 spiro atoms. The number of nitrogen functional groups attached to an aromatic ring is 1. The van der Waals surface area contributed by atoms with Crippen molar-refractivity contribution in [3.63, 3.8) is 0 Å². The Balaban J connectivity index is 2.50. The van der Waals surface area contributed by atoms with Crippen LogP contribution in [0.15, 0.2) is 41.3 Å². The monoisotopic (exact) mass is 314 g/mol. The number of benzene rings is 2. The number of hydrogen-bond acceptors (Lipinski definition) is 3. The average molecular weight is 315 g/mol. The molecule has 2 rings (SSSR count). The number of aryl methyl sites for hydroxylation is 1. The van der Waals surface area contributed by atoms with E-state index in [4.69, 9.17) is 17.3 Å². The summed E-state index contributed by atoms with van der Waals surface area (Å²) in [5, 5.41) is 0.253. The molecule has 0 unspecified atom stereocenters. The number of nitrogens with one attached hydrogen (secondary N) is 1. The molecular weight excluding hydrogens is 303 g/mol. The molecule has 0 saturated heterocycles. The third-order valence-corrected chi connectivity index (χ3v) is 4.48. The number of hydrogen-bond donors (Lipinski definition) is 2. The van der Waals surface area contributed by atoms with Gasteiger partial charge in [0, 0.05) is 0 Å². The highest BCUT2D eigenvalue weighted by atomic mass is 35.5. The lowest BCUT2D eigenvalue weighted by Gasteiger charge is -2.13. The number of rotatable bonds is 3. The Morgan fingerprint density at radius 1 is 1.20 bits per heavy atom. The third kappa shape index (κ3) is 2.71. The smallest absolute Gasteiger partial charge is 0.264 e. The molecule has 20 heavy (non-hydrogen) atoms. The number of para-hydroxylation sites is 2. The van der Waals surface area contributed by atoms with Gasteiger partial charge in [0.15, 0.2) is 0 Å². The van der Waals surface area contributed by atoms with Crippen LogP contribution in [0.4, 0.5) is 15.8 Å². The Bertz CT molecular complexity index is 743. The second-order valence-corrected chi connectivity index (χ2v) is 6.25. The van der Waals surface area contributed by atoms with Gasteiger partial charge in [-0.15, -0.1) is 0 Å². The lowest BCUT2D eigenvalue weighted by atomic mass is 10.2. The van der Waals surface area contributed by atoms with Crippen LogP contribution >= 0.6 is 11.6 Å². The molecule has 0 aliphatic rings. The van der Waals surface area contributed by atoms with Crippen LogP contribution in [0.2, 0.25) is 5.02 Å². The maximum Gasteiger partial charge on any atom is 0.264 e. The van der Waals surface area contributed by atoms with Crippen molar-refractivity contribution >= 4 is 33.0 Å². The first-order valence-corrected chi connectivity index (χ1v) is 7.51. The van der Waals surface area contributed by atoms with Crippen LogP contribution in [0.3, 0.4) is 0 Å². The molecule has 2 aromatic carbocycles. The van der Waals surface area contributed by atoms with Crippen molar-refractivity contribution < 1.29 is 12.8 Å². The van der Waals surface area contributed by atoms with Gasteiger partial charge in [-0.05, 0) is 30.7 Å². The molecule has 0 fully saturated rings. The van der Waals surface area contributed by atoms with Crippen molar-refractivity contribution in [1.82, 2.24) is 0 Å². The Labute approximate surface area is 121 Å². The van der Waals surface area contributed by atoms with Gasteiger partial charge in [0.25, 0.3) is 10.0 Å². The molecule has 3 N–H and O–H groups in total. The molecule has 0 saturated carbocycles. The molecule has 4 nitrogen and oxygen atoms in total. The fraction of sp³-hybridized carbons (Fsp3) is 0.0769. The van der Waals surface area contributed by atoms with Gasteiger partial charge in [-0.2, -0.15) is 0 Å². The van der Waals surface area contributed by atoms with Gasteiger partial charge in [-0.1, -0.05) is 29.8 Å². The minimum absolute atomic E-state index is 0.248. The predicted molar refractivity (Wildman–Crippen MR) is 77.8 cm³/mol. The van der Waals surface area contributed by atoms with Gasteiger partial charge in [0.2, 0.25) is 0 Å². The fourth-order valence-corrected chi connectivity index (χ4v) is 3.32. The van der Waals surface area contributed by atoms with E-state index in [1.54, 1.807) is 25.1 Å². The standard InChI is InChI=1S/C13H12ClFN2O2S/c1-8-4-2-5-9(14)13(8)17-20(18,19)11-7-3-6-10(15)12(11)16/h2-7,17H,16H2,1H3. The summed E-state index contributed by atoms with van der Waals surface area (Å²) < 4.78 is 40.2. The Kier molecular flexibility index (Phi) is 3.87. The van der Waals surface area contributed by atoms with Crippen molar-refractivity contribution in [2.45, 2.75) is 11.8 Å². The van der Waals surface area contributed by atoms with E-state index in [2.05, 4.69) is 4.72 Å². The van der Waals surface area contributed by atoms with E-state index in [1.165, 1.54) is 12.1 Å². The zero-order valence-electron chi connectivity index (χ0n) is 10.5. The zero-order chi connectivity index (χ0) is 14.9. The SMILES string of the molecule is Cc1cccc(Cl)c1NS(=O)(=O)c1cccc(F)c1N.